The molecule has 56 heavy (non-hydrogen) atoms. The predicted octanol–water partition coefficient (Wildman–Crippen LogP) is 13.4. The van der Waals surface area contributed by atoms with Crippen molar-refractivity contribution < 1.29 is 0 Å². The fourth-order valence-electron chi connectivity index (χ4n) is 9.51. The van der Waals surface area contributed by atoms with Gasteiger partial charge in [-0.15, -0.1) is 0 Å². The number of hydrogen-bond donors (Lipinski definition) is 0. The lowest BCUT2D eigenvalue weighted by Gasteiger charge is -2.10. The number of nitrogens with zero attached hydrogens (tertiary/aromatic N) is 4. The van der Waals surface area contributed by atoms with Crippen LogP contribution in [0.2, 0.25) is 0 Å². The summed E-state index contributed by atoms with van der Waals surface area (Å²) in [5.74, 6) is 0.718. The summed E-state index contributed by atoms with van der Waals surface area (Å²) in [6.45, 7) is 0. The third-order valence-corrected chi connectivity index (χ3v) is 12.0. The topological polar surface area (TPSA) is 34.6 Å². The van der Waals surface area contributed by atoms with Gasteiger partial charge in [0.25, 0.3) is 0 Å². The van der Waals surface area contributed by atoms with Gasteiger partial charge in [0.05, 0.1) is 44.5 Å². The van der Waals surface area contributed by atoms with Crippen molar-refractivity contribution in [2.24, 2.45) is 0 Å². The fraction of sp³-hybridized carbons (Fsp3) is 0. The Morgan fingerprint density at radius 3 is 1.18 bits per heavy atom. The molecule has 5 heterocycles. The van der Waals surface area contributed by atoms with Crippen LogP contribution in [0.5, 0.6) is 0 Å². The summed E-state index contributed by atoms with van der Waals surface area (Å²) in [7, 11) is 0. The quantitative estimate of drug-likeness (QED) is 0.182. The van der Waals surface area contributed by atoms with Gasteiger partial charge >= 0.3 is 0 Å². The maximum atomic E-state index is 5.20. The minimum absolute atomic E-state index is 0.718. The Labute approximate surface area is 320 Å². The van der Waals surface area contributed by atoms with Gasteiger partial charge in [0.15, 0.2) is 5.82 Å². The first-order valence-corrected chi connectivity index (χ1v) is 19.2. The van der Waals surface area contributed by atoms with Crippen molar-refractivity contribution in [3.63, 3.8) is 0 Å². The van der Waals surface area contributed by atoms with Crippen LogP contribution in [0.3, 0.4) is 0 Å². The second-order valence-corrected chi connectivity index (χ2v) is 15.0. The van der Waals surface area contributed by atoms with Crippen LogP contribution in [0.1, 0.15) is 0 Å². The zero-order valence-electron chi connectivity index (χ0n) is 30.1. The van der Waals surface area contributed by atoms with Gasteiger partial charge in [-0.2, -0.15) is 0 Å². The van der Waals surface area contributed by atoms with Crippen LogP contribution in [0.25, 0.3) is 121 Å². The summed E-state index contributed by atoms with van der Waals surface area (Å²) in [6, 6.07) is 65.8. The minimum Gasteiger partial charge on any atom is -0.308 e. The van der Waals surface area contributed by atoms with E-state index in [1.807, 2.05) is 24.3 Å². The molecule has 4 heteroatoms. The highest BCUT2D eigenvalue weighted by atomic mass is 14.9. The standard InChI is InChI=1S/C52H30N4/c1-3-13-31(14-4-1)44-30-45(54-52(53-44)32-15-5-2-6-16-32)33-23-24-49-39(25-33)43-29-35(28-42-38-19-9-12-22-48(38)56(49)51(42)43)34-26-40-36-17-7-10-20-46(36)55-47-21-11-8-18-37(47)41(27-34)50(40)55/h1-30H. The van der Waals surface area contributed by atoms with Gasteiger partial charge in [-0.05, 0) is 71.8 Å². The molecule has 0 fully saturated rings. The Morgan fingerprint density at radius 1 is 0.268 bits per heavy atom. The number of rotatable bonds is 4. The molecule has 0 saturated heterocycles. The molecule has 8 aromatic carbocycles. The zero-order chi connectivity index (χ0) is 36.5. The summed E-state index contributed by atoms with van der Waals surface area (Å²) >= 11 is 0. The minimum atomic E-state index is 0.718. The highest BCUT2D eigenvalue weighted by Gasteiger charge is 2.22. The van der Waals surface area contributed by atoms with E-state index in [4.69, 9.17) is 9.97 Å². The van der Waals surface area contributed by atoms with Gasteiger partial charge in [0.2, 0.25) is 0 Å². The van der Waals surface area contributed by atoms with E-state index in [1.54, 1.807) is 0 Å². The monoisotopic (exact) mass is 710 g/mol. The lowest BCUT2D eigenvalue weighted by molar-refractivity contribution is 1.18. The number of aromatic nitrogens is 4. The van der Waals surface area contributed by atoms with Gasteiger partial charge in [-0.1, -0.05) is 121 Å². The molecule has 0 unspecified atom stereocenters. The Bertz CT molecular complexity index is 3550. The molecule has 0 aliphatic rings. The van der Waals surface area contributed by atoms with Crippen LogP contribution in [0.15, 0.2) is 182 Å². The van der Waals surface area contributed by atoms with Gasteiger partial charge in [0, 0.05) is 59.8 Å². The summed E-state index contributed by atoms with van der Waals surface area (Å²) in [6.07, 6.45) is 0. The molecule has 0 bridgehead atoms. The van der Waals surface area contributed by atoms with E-state index >= 15 is 0 Å². The fourth-order valence-corrected chi connectivity index (χ4v) is 9.51. The third kappa shape index (κ3) is 4.02. The van der Waals surface area contributed by atoms with Crippen molar-refractivity contribution in [2.75, 3.05) is 0 Å². The molecular weight excluding hydrogens is 681 g/mol. The first-order valence-electron chi connectivity index (χ1n) is 19.2. The van der Waals surface area contributed by atoms with Crippen molar-refractivity contribution in [1.29, 1.82) is 0 Å². The SMILES string of the molecule is c1ccc(-c2cc(-c3ccc4c(c3)c3cc(-c5cc6c7ccccc7n7c8ccccc8c(c5)c67)cc5c6ccccc6n4c53)nc(-c3ccccc3)n2)cc1. The van der Waals surface area contributed by atoms with Crippen molar-refractivity contribution in [3.05, 3.63) is 182 Å². The molecule has 0 saturated carbocycles. The number of benzene rings is 8. The highest BCUT2D eigenvalue weighted by Crippen LogP contribution is 2.46. The van der Waals surface area contributed by atoms with Crippen molar-refractivity contribution >= 4 is 76.2 Å². The van der Waals surface area contributed by atoms with E-state index in [0.29, 0.717) is 0 Å². The Kier molecular flexibility index (Phi) is 5.86. The Morgan fingerprint density at radius 2 is 0.661 bits per heavy atom. The summed E-state index contributed by atoms with van der Waals surface area (Å²) < 4.78 is 4.91. The van der Waals surface area contributed by atoms with E-state index < -0.39 is 0 Å². The summed E-state index contributed by atoms with van der Waals surface area (Å²) in [4.78, 5) is 10.3. The van der Waals surface area contributed by atoms with Gasteiger partial charge in [0.1, 0.15) is 0 Å². The van der Waals surface area contributed by atoms with E-state index in [2.05, 4.69) is 167 Å². The predicted molar refractivity (Wildman–Crippen MR) is 233 cm³/mol. The van der Waals surface area contributed by atoms with Crippen LogP contribution in [0.4, 0.5) is 0 Å². The smallest absolute Gasteiger partial charge is 0.160 e. The molecule has 258 valence electrons. The molecule has 4 nitrogen and oxygen atoms in total. The van der Waals surface area contributed by atoms with E-state index in [-0.39, 0.29) is 0 Å². The van der Waals surface area contributed by atoms with Gasteiger partial charge in [-0.3, -0.25) is 0 Å². The first kappa shape index (κ1) is 29.8. The number of fused-ring (bicyclic) bond motifs is 12. The van der Waals surface area contributed by atoms with Gasteiger partial charge in [-0.25, -0.2) is 9.97 Å². The normalized spacial score (nSPS) is 12.3. The van der Waals surface area contributed by atoms with Crippen LogP contribution in [0, 0.1) is 0 Å². The molecule has 0 amide bonds. The summed E-state index contributed by atoms with van der Waals surface area (Å²) in [5, 5.41) is 10.1. The molecular formula is C52H30N4. The molecule has 0 atom stereocenters. The second kappa shape index (κ2) is 11.0. The third-order valence-electron chi connectivity index (χ3n) is 12.0. The Balaban J connectivity index is 1.09. The second-order valence-electron chi connectivity index (χ2n) is 15.0. The average Bonchev–Trinajstić information content (AvgIpc) is 4.00. The van der Waals surface area contributed by atoms with Crippen molar-refractivity contribution in [1.82, 2.24) is 18.8 Å². The molecule has 0 spiro atoms. The molecule has 0 aliphatic heterocycles. The molecule has 0 radical (unpaired) electrons. The lowest BCUT2D eigenvalue weighted by Crippen LogP contribution is -1.95. The van der Waals surface area contributed by atoms with Gasteiger partial charge < -0.3 is 8.80 Å². The Hall–Kier alpha value is -7.56. The first-order chi connectivity index (χ1) is 27.8. The van der Waals surface area contributed by atoms with Crippen LogP contribution in [-0.4, -0.2) is 18.8 Å². The van der Waals surface area contributed by atoms with Crippen LogP contribution >= 0.6 is 0 Å². The van der Waals surface area contributed by atoms with E-state index in [9.17, 15) is 0 Å². The maximum Gasteiger partial charge on any atom is 0.160 e. The van der Waals surface area contributed by atoms with Crippen molar-refractivity contribution in [2.45, 2.75) is 0 Å². The number of hydrogen-bond acceptors (Lipinski definition) is 2. The number of para-hydroxylation sites is 3. The molecule has 0 N–H and O–H groups in total. The van der Waals surface area contributed by atoms with E-state index in [1.165, 1.54) is 87.3 Å². The molecule has 13 aromatic rings. The highest BCUT2D eigenvalue weighted by molar-refractivity contribution is 6.27. The molecule has 13 rings (SSSR count). The lowest BCUT2D eigenvalue weighted by atomic mass is 9.96. The van der Waals surface area contributed by atoms with Crippen LogP contribution in [-0.2, 0) is 0 Å². The van der Waals surface area contributed by atoms with Crippen LogP contribution < -0.4 is 0 Å². The largest absolute Gasteiger partial charge is 0.308 e. The average molecular weight is 711 g/mol. The summed E-state index contributed by atoms with van der Waals surface area (Å²) in [5.41, 5.74) is 14.8. The van der Waals surface area contributed by atoms with Crippen molar-refractivity contribution in [3.8, 4) is 45.0 Å². The molecule has 5 aromatic heterocycles. The maximum absolute atomic E-state index is 5.20. The van der Waals surface area contributed by atoms with E-state index in [0.717, 1.165) is 33.9 Å². The molecule has 0 aliphatic carbocycles. The zero-order valence-corrected chi connectivity index (χ0v) is 30.1.